The summed E-state index contributed by atoms with van der Waals surface area (Å²) in [6, 6.07) is 9.43. The Morgan fingerprint density at radius 2 is 1.89 bits per heavy atom. The lowest BCUT2D eigenvalue weighted by atomic mass is 9.68. The predicted molar refractivity (Wildman–Crippen MR) is 139 cm³/mol. The average Bonchev–Trinajstić information content (AvgIpc) is 2.81. The molecule has 37 heavy (non-hydrogen) atoms. The zero-order valence-electron chi connectivity index (χ0n) is 21.7. The molecule has 0 unspecified atom stereocenters. The van der Waals surface area contributed by atoms with Crippen molar-refractivity contribution in [2.75, 3.05) is 13.7 Å². The number of nitrogens with one attached hydrogen (secondary N) is 1. The molecule has 0 bridgehead atoms. The number of hydrogen-bond donors (Lipinski definition) is 1. The summed E-state index contributed by atoms with van der Waals surface area (Å²) in [5.41, 5.74) is 3.74. The largest absolute Gasteiger partial charge is 0.496 e. The van der Waals surface area contributed by atoms with E-state index in [9.17, 15) is 14.0 Å². The van der Waals surface area contributed by atoms with Crippen LogP contribution in [0.2, 0.25) is 5.02 Å². The van der Waals surface area contributed by atoms with Crippen LogP contribution in [-0.2, 0) is 20.9 Å². The molecule has 1 aliphatic carbocycles. The number of benzene rings is 2. The topological polar surface area (TPSA) is 73.9 Å². The summed E-state index contributed by atoms with van der Waals surface area (Å²) in [4.78, 5) is 26.6. The number of ketones is 1. The second kappa shape index (κ2) is 10.6. The second-order valence-corrected chi connectivity index (χ2v) is 10.5. The van der Waals surface area contributed by atoms with Gasteiger partial charge in [-0.3, -0.25) is 4.79 Å². The third kappa shape index (κ3) is 5.52. The van der Waals surface area contributed by atoms with E-state index < -0.39 is 17.7 Å². The number of carbonyl (C=O) groups is 2. The van der Waals surface area contributed by atoms with Crippen molar-refractivity contribution in [3.63, 3.8) is 0 Å². The Morgan fingerprint density at radius 3 is 2.57 bits per heavy atom. The maximum absolute atomic E-state index is 13.5. The highest BCUT2D eigenvalue weighted by Gasteiger charge is 2.43. The predicted octanol–water partition coefficient (Wildman–Crippen LogP) is 6.23. The summed E-state index contributed by atoms with van der Waals surface area (Å²) >= 11 is 6.13. The molecule has 1 heterocycles. The Hall–Kier alpha value is -3.32. The smallest absolute Gasteiger partial charge is 0.336 e. The van der Waals surface area contributed by atoms with Crippen molar-refractivity contribution in [3.8, 4) is 11.5 Å². The van der Waals surface area contributed by atoms with Crippen molar-refractivity contribution in [3.05, 3.63) is 80.9 Å². The molecular formula is C29H31ClFNO5. The van der Waals surface area contributed by atoms with Crippen molar-refractivity contribution >= 4 is 23.4 Å². The number of halogens is 2. The van der Waals surface area contributed by atoms with Gasteiger partial charge in [-0.25, -0.2) is 9.18 Å². The number of dihydropyridines is 1. The SMILES string of the molecule is CCOC(=O)C1=C(C)NC2=C(C(=O)CC(C)(C)C2)[C@H]1c1ccc(OC)c(COc2ccc(F)cc2Cl)c1. The highest BCUT2D eigenvalue weighted by Crippen LogP contribution is 2.47. The van der Waals surface area contributed by atoms with Gasteiger partial charge < -0.3 is 19.5 Å². The van der Waals surface area contributed by atoms with Gasteiger partial charge >= 0.3 is 5.97 Å². The number of hydrogen-bond acceptors (Lipinski definition) is 6. The molecule has 1 atom stereocenters. The molecule has 1 aliphatic heterocycles. The van der Waals surface area contributed by atoms with Crippen LogP contribution in [0.25, 0.3) is 0 Å². The van der Waals surface area contributed by atoms with E-state index in [-0.39, 0.29) is 29.4 Å². The Bertz CT molecular complexity index is 1310. The van der Waals surface area contributed by atoms with Gasteiger partial charge in [0.1, 0.15) is 23.9 Å². The van der Waals surface area contributed by atoms with Gasteiger partial charge in [0.15, 0.2) is 5.78 Å². The summed E-state index contributed by atoms with van der Waals surface area (Å²) in [5.74, 6) is -0.619. The van der Waals surface area contributed by atoms with E-state index in [0.717, 1.165) is 11.3 Å². The van der Waals surface area contributed by atoms with Crippen LogP contribution in [0.5, 0.6) is 11.5 Å². The molecule has 2 aliphatic rings. The molecule has 6 nitrogen and oxygen atoms in total. The van der Waals surface area contributed by atoms with E-state index in [0.29, 0.717) is 46.7 Å². The molecule has 0 saturated heterocycles. The van der Waals surface area contributed by atoms with Crippen molar-refractivity contribution in [2.45, 2.75) is 53.1 Å². The third-order valence-electron chi connectivity index (χ3n) is 6.65. The van der Waals surface area contributed by atoms with Crippen molar-refractivity contribution in [1.82, 2.24) is 5.32 Å². The molecule has 0 aromatic heterocycles. The number of allylic oxidation sites excluding steroid dienone is 3. The molecule has 0 amide bonds. The van der Waals surface area contributed by atoms with E-state index in [1.165, 1.54) is 18.2 Å². The number of ether oxygens (including phenoxy) is 3. The minimum atomic E-state index is -0.599. The Labute approximate surface area is 221 Å². The van der Waals surface area contributed by atoms with Crippen molar-refractivity contribution in [1.29, 1.82) is 0 Å². The van der Waals surface area contributed by atoms with Gasteiger partial charge in [0.2, 0.25) is 0 Å². The lowest BCUT2D eigenvalue weighted by Gasteiger charge is -2.39. The van der Waals surface area contributed by atoms with E-state index >= 15 is 0 Å². The van der Waals surface area contributed by atoms with Crippen LogP contribution in [0.15, 0.2) is 58.9 Å². The minimum Gasteiger partial charge on any atom is -0.496 e. The molecule has 0 spiro atoms. The fourth-order valence-corrected chi connectivity index (χ4v) is 5.31. The molecule has 196 valence electrons. The van der Waals surface area contributed by atoms with E-state index in [4.69, 9.17) is 25.8 Å². The van der Waals surface area contributed by atoms with Gasteiger partial charge in [-0.15, -0.1) is 0 Å². The molecule has 2 aromatic rings. The lowest BCUT2D eigenvalue weighted by Crippen LogP contribution is -2.38. The minimum absolute atomic E-state index is 0.00441. The Balaban J connectivity index is 1.79. The highest BCUT2D eigenvalue weighted by molar-refractivity contribution is 6.32. The van der Waals surface area contributed by atoms with E-state index in [1.54, 1.807) is 20.1 Å². The van der Waals surface area contributed by atoms with Crippen LogP contribution in [0, 0.1) is 11.2 Å². The Kier molecular flexibility index (Phi) is 7.64. The molecule has 1 N–H and O–H groups in total. The number of Topliss-reactive ketones (excluding diaryl/α,β-unsaturated/α-hetero) is 1. The van der Waals surface area contributed by atoms with Crippen LogP contribution in [-0.4, -0.2) is 25.5 Å². The quantitative estimate of drug-likeness (QED) is 0.430. The third-order valence-corrected chi connectivity index (χ3v) is 6.95. The molecule has 2 aromatic carbocycles. The number of rotatable bonds is 7. The summed E-state index contributed by atoms with van der Waals surface area (Å²) in [6.07, 6.45) is 1.07. The lowest BCUT2D eigenvalue weighted by molar-refractivity contribution is -0.138. The number of methoxy groups -OCH3 is 1. The first-order valence-electron chi connectivity index (χ1n) is 12.2. The van der Waals surface area contributed by atoms with Crippen molar-refractivity contribution < 1.29 is 28.2 Å². The first kappa shape index (κ1) is 26.7. The van der Waals surface area contributed by atoms with Crippen LogP contribution in [0.3, 0.4) is 0 Å². The fraction of sp³-hybridized carbons (Fsp3) is 0.379. The molecular weight excluding hydrogens is 497 g/mol. The van der Waals surface area contributed by atoms with E-state index in [1.807, 2.05) is 19.1 Å². The zero-order chi connectivity index (χ0) is 26.9. The van der Waals surface area contributed by atoms with Crippen LogP contribution >= 0.6 is 11.6 Å². The normalized spacial score (nSPS) is 18.8. The van der Waals surface area contributed by atoms with E-state index in [2.05, 4.69) is 19.2 Å². The van der Waals surface area contributed by atoms with Gasteiger partial charge in [-0.05, 0) is 61.6 Å². The Morgan fingerprint density at radius 1 is 1.16 bits per heavy atom. The average molecular weight is 528 g/mol. The summed E-state index contributed by atoms with van der Waals surface area (Å²) in [6.45, 7) is 8.01. The van der Waals surface area contributed by atoms with Gasteiger partial charge in [-0.2, -0.15) is 0 Å². The number of esters is 1. The maximum atomic E-state index is 13.5. The molecule has 8 heteroatoms. The first-order chi connectivity index (χ1) is 17.5. The molecule has 0 radical (unpaired) electrons. The van der Waals surface area contributed by atoms with Crippen LogP contribution in [0.4, 0.5) is 4.39 Å². The van der Waals surface area contributed by atoms with Gasteiger partial charge in [0.05, 0.1) is 24.3 Å². The fourth-order valence-electron chi connectivity index (χ4n) is 5.09. The summed E-state index contributed by atoms with van der Waals surface area (Å²) < 4.78 is 30.3. The standard InChI is InChI=1S/C29H31ClFNO5/c1-6-36-28(34)25-16(2)32-21-13-29(3,4)14-22(33)27(21)26(25)17-7-9-23(35-5)18(11-17)15-37-24-10-8-19(31)12-20(24)30/h7-12,26,32H,6,13-15H2,1-5H3/t26-/m0/s1. The monoisotopic (exact) mass is 527 g/mol. The van der Waals surface area contributed by atoms with Gasteiger partial charge in [0.25, 0.3) is 0 Å². The number of carbonyl (C=O) groups excluding carboxylic acids is 2. The molecule has 0 fully saturated rings. The first-order valence-corrected chi connectivity index (χ1v) is 12.6. The van der Waals surface area contributed by atoms with Crippen LogP contribution < -0.4 is 14.8 Å². The van der Waals surface area contributed by atoms with Gasteiger partial charge in [0, 0.05) is 34.9 Å². The van der Waals surface area contributed by atoms with Crippen molar-refractivity contribution in [2.24, 2.45) is 5.41 Å². The second-order valence-electron chi connectivity index (χ2n) is 10.1. The van der Waals surface area contributed by atoms with Crippen LogP contribution in [0.1, 0.15) is 57.6 Å². The summed E-state index contributed by atoms with van der Waals surface area (Å²) in [7, 11) is 1.55. The highest BCUT2D eigenvalue weighted by atomic mass is 35.5. The van der Waals surface area contributed by atoms with Gasteiger partial charge in [-0.1, -0.05) is 31.5 Å². The molecule has 0 saturated carbocycles. The zero-order valence-corrected chi connectivity index (χ0v) is 22.4. The maximum Gasteiger partial charge on any atom is 0.336 e. The molecule has 4 rings (SSSR count). The summed E-state index contributed by atoms with van der Waals surface area (Å²) in [5, 5.41) is 3.49.